The number of carbonyl (C=O) groups is 1. The van der Waals surface area contributed by atoms with Gasteiger partial charge in [-0.1, -0.05) is 11.6 Å². The predicted molar refractivity (Wildman–Crippen MR) is 43.5 cm³/mol. The largest absolute Gasteiger partial charge is 0.490 e. The number of nitrogens with zero attached hydrogens (tertiary/aromatic N) is 4. The Hall–Kier alpha value is -2.25. The van der Waals surface area contributed by atoms with Gasteiger partial charge in [-0.25, -0.2) is 4.79 Å². The highest BCUT2D eigenvalue weighted by Gasteiger charge is 2.14. The topological polar surface area (TPSA) is 111 Å². The Balaban J connectivity index is 2.74. The second kappa shape index (κ2) is 3.64. The molecule has 0 aromatic carbocycles. The molecule has 0 aliphatic rings. The minimum absolute atomic E-state index is 0.121. The summed E-state index contributed by atoms with van der Waals surface area (Å²) in [6.45, 7) is 3.12. The van der Waals surface area contributed by atoms with Gasteiger partial charge in [-0.2, -0.15) is 4.68 Å². The van der Waals surface area contributed by atoms with Gasteiger partial charge in [-0.3, -0.25) is 0 Å². The van der Waals surface area contributed by atoms with Crippen molar-refractivity contribution in [3.63, 3.8) is 0 Å². The Morgan fingerprint density at radius 2 is 2.43 bits per heavy atom. The van der Waals surface area contributed by atoms with E-state index in [1.165, 1.54) is 0 Å². The van der Waals surface area contributed by atoms with Crippen LogP contribution in [0.25, 0.3) is 0 Å². The highest BCUT2D eigenvalue weighted by Crippen LogP contribution is 2.02. The summed E-state index contributed by atoms with van der Waals surface area (Å²) in [5.74, 6) is -1.74. The molecule has 0 atom stereocenters. The zero-order chi connectivity index (χ0) is 10.7. The van der Waals surface area contributed by atoms with Crippen LogP contribution in [0.2, 0.25) is 0 Å². The number of carboxylic acids is 1. The molecule has 1 rings (SSSR count). The molecule has 0 amide bonds. The molecular formula is C6H6N4O4. The van der Waals surface area contributed by atoms with Gasteiger partial charge in [-0.05, 0) is 4.92 Å². The van der Waals surface area contributed by atoms with Crippen molar-refractivity contribution in [1.82, 2.24) is 14.8 Å². The van der Waals surface area contributed by atoms with Gasteiger partial charge < -0.3 is 15.2 Å². The summed E-state index contributed by atoms with van der Waals surface area (Å²) in [6, 6.07) is 0. The quantitative estimate of drug-likeness (QED) is 0.408. The number of aromatic nitrogens is 3. The van der Waals surface area contributed by atoms with Crippen molar-refractivity contribution in [2.75, 3.05) is 0 Å². The minimum Gasteiger partial charge on any atom is -0.478 e. The Morgan fingerprint density at radius 3 is 2.86 bits per heavy atom. The molecule has 14 heavy (non-hydrogen) atoms. The molecule has 0 aliphatic carbocycles. The zero-order valence-electron chi connectivity index (χ0n) is 6.95. The van der Waals surface area contributed by atoms with Gasteiger partial charge in [0.25, 0.3) is 0 Å². The first-order valence-electron chi connectivity index (χ1n) is 3.45. The number of rotatable bonds is 4. The van der Waals surface area contributed by atoms with Crippen molar-refractivity contribution in [3.05, 3.63) is 28.6 Å². The van der Waals surface area contributed by atoms with E-state index < -0.39 is 16.8 Å². The molecule has 1 aromatic heterocycles. The SMILES string of the molecule is C=C(Cn1cnc([N+](=O)[O-])n1)C(=O)O. The Bertz CT molecular complexity index is 396. The maximum Gasteiger partial charge on any atom is 0.490 e. The molecule has 0 saturated heterocycles. The zero-order valence-corrected chi connectivity index (χ0v) is 6.95. The van der Waals surface area contributed by atoms with Crippen LogP contribution in [-0.4, -0.2) is 30.8 Å². The predicted octanol–water partition coefficient (Wildman–Crippen LogP) is -0.173. The van der Waals surface area contributed by atoms with Crippen LogP contribution >= 0.6 is 0 Å². The molecule has 0 spiro atoms. The average Bonchev–Trinajstić information content (AvgIpc) is 2.52. The molecule has 0 aliphatic heterocycles. The van der Waals surface area contributed by atoms with Crippen molar-refractivity contribution in [3.8, 4) is 0 Å². The molecule has 8 heteroatoms. The van der Waals surface area contributed by atoms with Crippen molar-refractivity contribution in [2.45, 2.75) is 6.54 Å². The number of hydrogen-bond acceptors (Lipinski definition) is 5. The molecule has 1 aromatic rings. The fourth-order valence-corrected chi connectivity index (χ4v) is 0.708. The second-order valence-corrected chi connectivity index (χ2v) is 2.41. The van der Waals surface area contributed by atoms with Crippen molar-refractivity contribution < 1.29 is 14.8 Å². The van der Waals surface area contributed by atoms with E-state index in [4.69, 9.17) is 5.11 Å². The van der Waals surface area contributed by atoms with Crippen LogP contribution in [0.3, 0.4) is 0 Å². The summed E-state index contributed by atoms with van der Waals surface area (Å²) < 4.78 is 1.04. The summed E-state index contributed by atoms with van der Waals surface area (Å²) in [7, 11) is 0. The van der Waals surface area contributed by atoms with Crippen molar-refractivity contribution >= 4 is 11.9 Å². The Labute approximate surface area is 77.6 Å². The van der Waals surface area contributed by atoms with Crippen LogP contribution in [0.5, 0.6) is 0 Å². The average molecular weight is 198 g/mol. The van der Waals surface area contributed by atoms with E-state index in [0.717, 1.165) is 11.0 Å². The van der Waals surface area contributed by atoms with Gasteiger partial charge in [0.15, 0.2) is 0 Å². The van der Waals surface area contributed by atoms with Crippen molar-refractivity contribution in [1.29, 1.82) is 0 Å². The minimum atomic E-state index is -1.18. The lowest BCUT2D eigenvalue weighted by Crippen LogP contribution is -2.08. The normalized spacial score (nSPS) is 9.71. The molecule has 0 unspecified atom stereocenters. The third-order valence-electron chi connectivity index (χ3n) is 1.34. The molecule has 0 saturated carbocycles. The smallest absolute Gasteiger partial charge is 0.478 e. The molecule has 8 nitrogen and oxygen atoms in total. The fraction of sp³-hybridized carbons (Fsp3) is 0.167. The van der Waals surface area contributed by atoms with Crippen LogP contribution in [-0.2, 0) is 11.3 Å². The third-order valence-corrected chi connectivity index (χ3v) is 1.34. The van der Waals surface area contributed by atoms with Gasteiger partial charge in [0, 0.05) is 5.10 Å². The van der Waals surface area contributed by atoms with E-state index in [9.17, 15) is 14.9 Å². The van der Waals surface area contributed by atoms with E-state index in [0.29, 0.717) is 0 Å². The summed E-state index contributed by atoms with van der Waals surface area (Å²) in [4.78, 5) is 23.1. The van der Waals surface area contributed by atoms with E-state index in [1.54, 1.807) is 0 Å². The molecule has 1 N–H and O–H groups in total. The van der Waals surface area contributed by atoms with Gasteiger partial charge in [-0.15, -0.1) is 0 Å². The lowest BCUT2D eigenvalue weighted by atomic mass is 10.3. The summed E-state index contributed by atoms with van der Waals surface area (Å²) in [5, 5.41) is 22.0. The monoisotopic (exact) mass is 198 g/mol. The lowest BCUT2D eigenvalue weighted by Gasteiger charge is -1.94. The van der Waals surface area contributed by atoms with E-state index in [2.05, 4.69) is 16.7 Å². The van der Waals surface area contributed by atoms with E-state index in [-0.39, 0.29) is 12.1 Å². The number of carboxylic acid groups (broad SMARTS) is 1. The number of aliphatic carboxylic acids is 1. The maximum absolute atomic E-state index is 10.3. The van der Waals surface area contributed by atoms with Crippen LogP contribution < -0.4 is 0 Å². The standard InChI is InChI=1S/C6H6N4O4/c1-4(5(11)12)2-9-3-7-6(8-9)10(13)14/h3H,1-2H2,(H,11,12). The summed E-state index contributed by atoms with van der Waals surface area (Å²) >= 11 is 0. The van der Waals surface area contributed by atoms with Gasteiger partial charge in [0.05, 0.1) is 12.1 Å². The molecule has 0 bridgehead atoms. The van der Waals surface area contributed by atoms with Crippen LogP contribution in [0, 0.1) is 10.1 Å². The highest BCUT2D eigenvalue weighted by molar-refractivity contribution is 5.85. The van der Waals surface area contributed by atoms with E-state index in [1.807, 2.05) is 0 Å². The van der Waals surface area contributed by atoms with Gasteiger partial charge in [0.1, 0.15) is 0 Å². The van der Waals surface area contributed by atoms with E-state index >= 15 is 0 Å². The summed E-state index contributed by atoms with van der Waals surface area (Å²) in [5.41, 5.74) is -0.121. The highest BCUT2D eigenvalue weighted by atomic mass is 16.6. The third kappa shape index (κ3) is 2.12. The Morgan fingerprint density at radius 1 is 1.79 bits per heavy atom. The fourth-order valence-electron chi connectivity index (χ4n) is 0.708. The molecule has 1 heterocycles. The number of nitro groups is 1. The summed E-state index contributed by atoms with van der Waals surface area (Å²) in [6.07, 6.45) is 1.08. The molecule has 0 fully saturated rings. The maximum atomic E-state index is 10.3. The molecule has 0 radical (unpaired) electrons. The van der Waals surface area contributed by atoms with Crippen LogP contribution in [0.15, 0.2) is 18.5 Å². The first-order chi connectivity index (χ1) is 6.50. The first-order valence-corrected chi connectivity index (χ1v) is 3.45. The molecule has 74 valence electrons. The van der Waals surface area contributed by atoms with Gasteiger partial charge in [0.2, 0.25) is 6.33 Å². The number of hydrogen-bond donors (Lipinski definition) is 1. The Kier molecular flexibility index (Phi) is 2.56. The van der Waals surface area contributed by atoms with Crippen molar-refractivity contribution in [2.24, 2.45) is 0 Å². The van der Waals surface area contributed by atoms with Gasteiger partial charge >= 0.3 is 11.9 Å². The second-order valence-electron chi connectivity index (χ2n) is 2.41. The van der Waals surface area contributed by atoms with Crippen LogP contribution in [0.4, 0.5) is 5.95 Å². The lowest BCUT2D eigenvalue weighted by molar-refractivity contribution is -0.394. The van der Waals surface area contributed by atoms with Crippen LogP contribution in [0.1, 0.15) is 0 Å². The molecular weight excluding hydrogens is 192 g/mol. The first kappa shape index (κ1) is 9.84.